The van der Waals surface area contributed by atoms with Gasteiger partial charge in [-0.25, -0.2) is 0 Å². The van der Waals surface area contributed by atoms with Gasteiger partial charge in [-0.3, -0.25) is 4.67 Å². The molecule has 1 aliphatic carbocycles. The molecule has 0 spiro atoms. The van der Waals surface area contributed by atoms with Gasteiger partial charge in [-0.1, -0.05) is 30.9 Å². The predicted octanol–water partition coefficient (Wildman–Crippen LogP) is 5.32. The van der Waals surface area contributed by atoms with E-state index in [1.807, 2.05) is 20.4 Å². The average molecular weight is 395 g/mol. The lowest BCUT2D eigenvalue weighted by Crippen LogP contribution is -2.21. The Morgan fingerprint density at radius 2 is 1.74 bits per heavy atom. The molecule has 130 valence electrons. The van der Waals surface area contributed by atoms with Gasteiger partial charge in [-0.15, -0.1) is 11.4 Å². The van der Waals surface area contributed by atoms with Crippen LogP contribution in [0.1, 0.15) is 32.1 Å². The van der Waals surface area contributed by atoms with Crippen molar-refractivity contribution in [1.82, 2.24) is 4.67 Å². The Hall–Kier alpha value is -0.0000000000000000208. The van der Waals surface area contributed by atoms with Gasteiger partial charge in [0, 0.05) is 10.7 Å². The highest BCUT2D eigenvalue weighted by molar-refractivity contribution is 8.58. The topological polar surface area (TPSA) is 49.7 Å². The fraction of sp³-hybridized carbons (Fsp3) is 0.600. The highest BCUT2D eigenvalue weighted by Crippen LogP contribution is 2.69. The van der Waals surface area contributed by atoms with Crippen molar-refractivity contribution < 1.29 is 8.42 Å². The van der Waals surface area contributed by atoms with Crippen molar-refractivity contribution in [2.45, 2.75) is 42.7 Å². The van der Waals surface area contributed by atoms with Crippen LogP contribution in [0.4, 0.5) is 0 Å². The molecular weight excluding hydrogens is 371 g/mol. The Bertz CT molecular complexity index is 684. The fourth-order valence-corrected chi connectivity index (χ4v) is 12.8. The van der Waals surface area contributed by atoms with E-state index in [2.05, 4.69) is 8.82 Å². The Morgan fingerprint density at radius 3 is 2.22 bits per heavy atom. The zero-order valence-electron chi connectivity index (χ0n) is 13.8. The molecule has 1 aromatic carbocycles. The zero-order valence-corrected chi connectivity index (χ0v) is 17.1. The summed E-state index contributed by atoms with van der Waals surface area (Å²) in [5.41, 5.74) is 0.350. The number of sulfonamides is 1. The lowest BCUT2D eigenvalue weighted by molar-refractivity contribution is 0.498. The number of halogens is 1. The van der Waals surface area contributed by atoms with Gasteiger partial charge < -0.3 is 0 Å². The van der Waals surface area contributed by atoms with Crippen LogP contribution < -0.4 is 0 Å². The number of hydrogen-bond donors (Lipinski definition) is 0. The summed E-state index contributed by atoms with van der Waals surface area (Å²) in [7, 11) is 0.228. The largest absolute Gasteiger partial charge is 0.282 e. The lowest BCUT2D eigenvalue weighted by atomic mass is 10.0. The summed E-state index contributed by atoms with van der Waals surface area (Å²) in [5.74, 6) is 0. The average Bonchev–Trinajstić information content (AvgIpc) is 2.53. The van der Waals surface area contributed by atoms with Crippen LogP contribution in [-0.2, 0) is 10.0 Å². The monoisotopic (exact) mass is 394 g/mol. The van der Waals surface area contributed by atoms with E-state index in [4.69, 9.17) is 11.6 Å². The standard InChI is InChI=1S/C15H24ClN2O2PS2/c1-18(2)21(22-3,14-7-5-4-6-8-14)17-23(19,20)15-11-9-13(16)10-12-15/h9-12,14H,4-8H2,1-3H3. The zero-order chi connectivity index (χ0) is 17.1. The Balaban J connectivity index is 2.53. The second kappa shape index (κ2) is 7.92. The molecular formula is C15H24ClN2O2PS2. The molecule has 4 nitrogen and oxygen atoms in total. The quantitative estimate of drug-likeness (QED) is 0.634. The van der Waals surface area contributed by atoms with Crippen LogP contribution in [0, 0.1) is 0 Å². The third-order valence-corrected chi connectivity index (χ3v) is 14.4. The van der Waals surface area contributed by atoms with Crippen LogP contribution in [0.2, 0.25) is 5.02 Å². The maximum Gasteiger partial charge on any atom is 0.282 e. The molecule has 0 saturated heterocycles. The molecule has 0 aromatic heterocycles. The molecule has 0 amide bonds. The minimum atomic E-state index is -3.69. The molecule has 2 rings (SSSR count). The minimum Gasteiger partial charge on any atom is -0.267 e. The van der Waals surface area contributed by atoms with E-state index in [1.54, 1.807) is 23.5 Å². The van der Waals surface area contributed by atoms with Gasteiger partial charge in [0.2, 0.25) is 0 Å². The van der Waals surface area contributed by atoms with E-state index in [0.29, 0.717) is 10.7 Å². The number of rotatable bonds is 5. The summed E-state index contributed by atoms with van der Waals surface area (Å²) in [6, 6.07) is 6.26. The third-order valence-electron chi connectivity index (χ3n) is 4.23. The van der Waals surface area contributed by atoms with E-state index in [-0.39, 0.29) is 4.90 Å². The van der Waals surface area contributed by atoms with E-state index in [0.717, 1.165) is 25.7 Å². The van der Waals surface area contributed by atoms with E-state index >= 15 is 0 Å². The fourth-order valence-electron chi connectivity index (χ4n) is 3.04. The van der Waals surface area contributed by atoms with Crippen LogP contribution in [0.25, 0.3) is 0 Å². The van der Waals surface area contributed by atoms with Crippen LogP contribution in [0.5, 0.6) is 0 Å². The molecule has 1 atom stereocenters. The molecule has 1 fully saturated rings. The molecule has 0 bridgehead atoms. The first-order chi connectivity index (χ1) is 10.8. The maximum absolute atomic E-state index is 12.8. The van der Waals surface area contributed by atoms with E-state index in [1.165, 1.54) is 18.6 Å². The van der Waals surface area contributed by atoms with Crippen molar-refractivity contribution in [3.8, 4) is 0 Å². The molecule has 0 aliphatic heterocycles. The van der Waals surface area contributed by atoms with Crippen molar-refractivity contribution in [3.05, 3.63) is 29.3 Å². The molecule has 1 aromatic rings. The summed E-state index contributed by atoms with van der Waals surface area (Å²) in [4.78, 5) is 0.220. The molecule has 1 aliphatic rings. The van der Waals surface area contributed by atoms with Crippen molar-refractivity contribution in [2.75, 3.05) is 20.4 Å². The predicted molar refractivity (Wildman–Crippen MR) is 102 cm³/mol. The summed E-state index contributed by atoms with van der Waals surface area (Å²) in [6.45, 7) is 0. The SMILES string of the molecule is CSP(=NS(=O)(=O)c1ccc(Cl)cc1)(C1CCCCC1)N(C)C. The van der Waals surface area contributed by atoms with Crippen LogP contribution in [-0.4, -0.2) is 39.1 Å². The molecule has 8 heteroatoms. The van der Waals surface area contributed by atoms with Gasteiger partial charge in [0.25, 0.3) is 10.0 Å². The Labute approximate surface area is 148 Å². The highest BCUT2D eigenvalue weighted by Gasteiger charge is 2.35. The first-order valence-electron chi connectivity index (χ1n) is 7.69. The second-order valence-electron chi connectivity index (χ2n) is 5.92. The van der Waals surface area contributed by atoms with Gasteiger partial charge >= 0.3 is 0 Å². The van der Waals surface area contributed by atoms with Crippen LogP contribution in [0.3, 0.4) is 0 Å². The van der Waals surface area contributed by atoms with E-state index < -0.39 is 16.4 Å². The summed E-state index contributed by atoms with van der Waals surface area (Å²) in [6.07, 6.45) is 5.51. The minimum absolute atomic E-state index is 0.220. The molecule has 0 heterocycles. The van der Waals surface area contributed by atoms with Gasteiger partial charge in [-0.2, -0.15) is 12.6 Å². The highest BCUT2D eigenvalue weighted by atomic mass is 35.5. The van der Waals surface area contributed by atoms with Crippen molar-refractivity contribution in [2.24, 2.45) is 4.15 Å². The van der Waals surface area contributed by atoms with Gasteiger partial charge in [0.1, 0.15) is 6.41 Å². The van der Waals surface area contributed by atoms with E-state index in [9.17, 15) is 8.42 Å². The number of hydrogen-bond acceptors (Lipinski definition) is 3. The molecule has 1 saturated carbocycles. The third kappa shape index (κ3) is 4.35. The Morgan fingerprint density at radius 1 is 1.17 bits per heavy atom. The summed E-state index contributed by atoms with van der Waals surface area (Å²) < 4.78 is 32.3. The van der Waals surface area contributed by atoms with Gasteiger partial charge in [-0.05, 0) is 57.5 Å². The number of benzene rings is 1. The second-order valence-corrected chi connectivity index (χ2v) is 14.2. The molecule has 23 heavy (non-hydrogen) atoms. The van der Waals surface area contributed by atoms with Crippen LogP contribution >= 0.6 is 29.4 Å². The Kier molecular flexibility index (Phi) is 6.66. The summed E-state index contributed by atoms with van der Waals surface area (Å²) in [5, 5.41) is 0.523. The normalized spacial score (nSPS) is 19.5. The smallest absolute Gasteiger partial charge is 0.267 e. The van der Waals surface area contributed by atoms with Gasteiger partial charge in [0.05, 0.1) is 4.90 Å². The van der Waals surface area contributed by atoms with Gasteiger partial charge in [0.15, 0.2) is 0 Å². The molecule has 0 N–H and O–H groups in total. The first kappa shape index (κ1) is 19.3. The van der Waals surface area contributed by atoms with Crippen molar-refractivity contribution >= 4 is 39.4 Å². The molecule has 1 unspecified atom stereocenters. The van der Waals surface area contributed by atoms with Crippen molar-refractivity contribution in [3.63, 3.8) is 0 Å². The first-order valence-corrected chi connectivity index (χ1v) is 13.1. The molecule has 0 radical (unpaired) electrons. The maximum atomic E-state index is 12.8. The van der Waals surface area contributed by atoms with Crippen molar-refractivity contribution in [1.29, 1.82) is 0 Å². The van der Waals surface area contributed by atoms with Crippen LogP contribution in [0.15, 0.2) is 33.3 Å². The summed E-state index contributed by atoms with van der Waals surface area (Å²) >= 11 is 7.49. The lowest BCUT2D eigenvalue weighted by Gasteiger charge is -2.38. The number of nitrogens with zero attached hydrogens (tertiary/aromatic N) is 2.